The van der Waals surface area contributed by atoms with E-state index in [4.69, 9.17) is 11.6 Å². The predicted octanol–water partition coefficient (Wildman–Crippen LogP) is 3.28. The minimum Gasteiger partial charge on any atom is -0.118 e. The topological polar surface area (TPSA) is 0 Å². The van der Waals surface area contributed by atoms with E-state index in [9.17, 15) is 0 Å². The Morgan fingerprint density at radius 1 is 1.70 bits per heavy atom. The lowest BCUT2D eigenvalue weighted by atomic mass is 9.97. The van der Waals surface area contributed by atoms with Crippen LogP contribution in [0.4, 0.5) is 0 Å². The molecule has 1 unspecified atom stereocenters. The fraction of sp³-hybridized carbons (Fsp3) is 0.556. The molecule has 0 aliphatic heterocycles. The largest absolute Gasteiger partial charge is 0.118 e. The van der Waals surface area contributed by atoms with E-state index in [2.05, 4.69) is 26.0 Å². The Balaban J connectivity index is 2.71. The first kappa shape index (κ1) is 7.87. The van der Waals surface area contributed by atoms with Crippen LogP contribution in [0.2, 0.25) is 0 Å². The van der Waals surface area contributed by atoms with Gasteiger partial charge in [-0.25, -0.2) is 0 Å². The van der Waals surface area contributed by atoms with Crippen molar-refractivity contribution in [1.29, 1.82) is 0 Å². The third kappa shape index (κ3) is 1.63. The number of hydrogen-bond donors (Lipinski definition) is 0. The van der Waals surface area contributed by atoms with Gasteiger partial charge in [0.25, 0.3) is 0 Å². The highest BCUT2D eigenvalue weighted by Gasteiger charge is 2.07. The molecule has 1 aliphatic carbocycles. The standard InChI is InChI=1S/C9H13Cl/c1-3-8-4-5-9(10)6-7(8)2/h4,6,9H,3,5H2,1-2H3. The molecule has 0 aromatic rings. The maximum atomic E-state index is 5.91. The van der Waals surface area contributed by atoms with Crippen molar-refractivity contribution in [2.75, 3.05) is 0 Å². The molecule has 0 aromatic heterocycles. The second-order valence-corrected chi connectivity index (χ2v) is 3.24. The second kappa shape index (κ2) is 3.25. The number of allylic oxidation sites excluding steroid dienone is 4. The van der Waals surface area contributed by atoms with Crippen LogP contribution in [0.1, 0.15) is 26.7 Å². The van der Waals surface area contributed by atoms with Crippen LogP contribution in [0.5, 0.6) is 0 Å². The zero-order valence-corrected chi connectivity index (χ0v) is 7.28. The van der Waals surface area contributed by atoms with E-state index >= 15 is 0 Å². The molecule has 0 aromatic carbocycles. The smallest absolute Gasteiger partial charge is 0.0556 e. The summed E-state index contributed by atoms with van der Waals surface area (Å²) in [6.45, 7) is 4.31. The lowest BCUT2D eigenvalue weighted by molar-refractivity contribution is 0.958. The zero-order valence-electron chi connectivity index (χ0n) is 6.52. The van der Waals surface area contributed by atoms with E-state index in [0.29, 0.717) is 0 Å². The number of hydrogen-bond acceptors (Lipinski definition) is 0. The number of alkyl halides is 1. The lowest BCUT2D eigenvalue weighted by Gasteiger charge is -2.13. The van der Waals surface area contributed by atoms with Crippen molar-refractivity contribution in [3.05, 3.63) is 23.3 Å². The van der Waals surface area contributed by atoms with Crippen LogP contribution >= 0.6 is 11.6 Å². The van der Waals surface area contributed by atoms with Crippen molar-refractivity contribution >= 4 is 11.6 Å². The second-order valence-electron chi connectivity index (χ2n) is 2.68. The molecule has 0 bridgehead atoms. The molecule has 1 aliphatic rings. The molecule has 0 nitrogen and oxygen atoms in total. The van der Waals surface area contributed by atoms with Crippen LogP contribution in [-0.4, -0.2) is 5.38 Å². The van der Waals surface area contributed by atoms with Gasteiger partial charge in [-0.1, -0.05) is 24.6 Å². The summed E-state index contributed by atoms with van der Waals surface area (Å²) in [7, 11) is 0. The molecule has 56 valence electrons. The molecule has 0 amide bonds. The van der Waals surface area contributed by atoms with Crippen molar-refractivity contribution in [1.82, 2.24) is 0 Å². The highest BCUT2D eigenvalue weighted by Crippen LogP contribution is 2.23. The zero-order chi connectivity index (χ0) is 7.56. The van der Waals surface area contributed by atoms with Gasteiger partial charge in [0.15, 0.2) is 0 Å². The van der Waals surface area contributed by atoms with Crippen LogP contribution < -0.4 is 0 Å². The predicted molar refractivity (Wildman–Crippen MR) is 46.4 cm³/mol. The van der Waals surface area contributed by atoms with E-state index in [1.165, 1.54) is 11.1 Å². The van der Waals surface area contributed by atoms with Gasteiger partial charge in [0.05, 0.1) is 5.38 Å². The summed E-state index contributed by atoms with van der Waals surface area (Å²) in [5.74, 6) is 0. The van der Waals surface area contributed by atoms with Gasteiger partial charge in [0.1, 0.15) is 0 Å². The summed E-state index contributed by atoms with van der Waals surface area (Å²) >= 11 is 5.91. The first-order valence-corrected chi connectivity index (χ1v) is 4.19. The molecule has 0 N–H and O–H groups in total. The van der Waals surface area contributed by atoms with Gasteiger partial charge in [0, 0.05) is 0 Å². The van der Waals surface area contributed by atoms with Gasteiger partial charge in [-0.2, -0.15) is 0 Å². The number of rotatable bonds is 1. The average molecular weight is 157 g/mol. The molecule has 1 atom stereocenters. The Bertz CT molecular complexity index is 177. The summed E-state index contributed by atoms with van der Waals surface area (Å²) in [6, 6.07) is 0. The minimum atomic E-state index is 0.232. The van der Waals surface area contributed by atoms with Crippen molar-refractivity contribution in [3.63, 3.8) is 0 Å². The SMILES string of the molecule is CCC1=CCC(Cl)C=C1C. The maximum Gasteiger partial charge on any atom is 0.0556 e. The molecule has 0 fully saturated rings. The van der Waals surface area contributed by atoms with Crippen molar-refractivity contribution in [3.8, 4) is 0 Å². The van der Waals surface area contributed by atoms with Gasteiger partial charge >= 0.3 is 0 Å². The molecular weight excluding hydrogens is 144 g/mol. The fourth-order valence-electron chi connectivity index (χ4n) is 1.29. The molecule has 10 heavy (non-hydrogen) atoms. The average Bonchev–Trinajstić information content (AvgIpc) is 1.88. The summed E-state index contributed by atoms with van der Waals surface area (Å²) in [4.78, 5) is 0. The Kier molecular flexibility index (Phi) is 2.56. The van der Waals surface area contributed by atoms with E-state index in [1.807, 2.05) is 0 Å². The minimum absolute atomic E-state index is 0.232. The van der Waals surface area contributed by atoms with Gasteiger partial charge < -0.3 is 0 Å². The summed E-state index contributed by atoms with van der Waals surface area (Å²) in [5.41, 5.74) is 2.81. The first-order chi connectivity index (χ1) is 4.74. The van der Waals surface area contributed by atoms with Crippen molar-refractivity contribution in [2.45, 2.75) is 32.1 Å². The summed E-state index contributed by atoms with van der Waals surface area (Å²) in [5, 5.41) is 0.232. The molecular formula is C9H13Cl. The summed E-state index contributed by atoms with van der Waals surface area (Å²) < 4.78 is 0. The summed E-state index contributed by atoms with van der Waals surface area (Å²) in [6.07, 6.45) is 6.52. The lowest BCUT2D eigenvalue weighted by Crippen LogP contribution is -2.00. The fourth-order valence-corrected chi connectivity index (χ4v) is 1.56. The van der Waals surface area contributed by atoms with Crippen LogP contribution in [0.15, 0.2) is 23.3 Å². The van der Waals surface area contributed by atoms with Gasteiger partial charge in [-0.3, -0.25) is 0 Å². The van der Waals surface area contributed by atoms with Crippen LogP contribution in [0.3, 0.4) is 0 Å². The Labute approximate surface area is 67.6 Å². The highest BCUT2D eigenvalue weighted by atomic mass is 35.5. The quantitative estimate of drug-likeness (QED) is 0.512. The van der Waals surface area contributed by atoms with Crippen molar-refractivity contribution in [2.24, 2.45) is 0 Å². The van der Waals surface area contributed by atoms with Crippen molar-refractivity contribution < 1.29 is 0 Å². The van der Waals surface area contributed by atoms with Gasteiger partial charge in [0.2, 0.25) is 0 Å². The maximum absolute atomic E-state index is 5.91. The molecule has 0 heterocycles. The number of halogens is 1. The Morgan fingerprint density at radius 3 is 2.90 bits per heavy atom. The molecule has 1 rings (SSSR count). The van der Waals surface area contributed by atoms with Gasteiger partial charge in [-0.05, 0) is 25.3 Å². The molecule has 1 heteroatoms. The first-order valence-electron chi connectivity index (χ1n) is 3.76. The van der Waals surface area contributed by atoms with E-state index in [-0.39, 0.29) is 5.38 Å². The normalized spacial score (nSPS) is 25.7. The Hall–Kier alpha value is -0.230. The van der Waals surface area contributed by atoms with Crippen LogP contribution in [0, 0.1) is 0 Å². The van der Waals surface area contributed by atoms with E-state index in [0.717, 1.165) is 12.8 Å². The molecule has 0 saturated carbocycles. The van der Waals surface area contributed by atoms with Gasteiger partial charge in [-0.15, -0.1) is 11.6 Å². The molecule has 0 radical (unpaired) electrons. The van der Waals surface area contributed by atoms with E-state index in [1.54, 1.807) is 0 Å². The van der Waals surface area contributed by atoms with Crippen LogP contribution in [-0.2, 0) is 0 Å². The molecule has 0 spiro atoms. The molecule has 0 saturated heterocycles. The third-order valence-electron chi connectivity index (χ3n) is 1.91. The monoisotopic (exact) mass is 156 g/mol. The third-order valence-corrected chi connectivity index (χ3v) is 2.21. The highest BCUT2D eigenvalue weighted by molar-refractivity contribution is 6.22. The van der Waals surface area contributed by atoms with Crippen LogP contribution in [0.25, 0.3) is 0 Å². The Morgan fingerprint density at radius 2 is 2.40 bits per heavy atom. The van der Waals surface area contributed by atoms with E-state index < -0.39 is 0 Å².